The molecule has 0 radical (unpaired) electrons. The molecule has 0 aliphatic carbocycles. The number of likely N-dealkylation sites (tertiary alicyclic amines) is 1. The summed E-state index contributed by atoms with van der Waals surface area (Å²) >= 11 is 0. The first-order valence-electron chi connectivity index (χ1n) is 6.64. The van der Waals surface area contributed by atoms with Crippen LogP contribution in [0.5, 0.6) is 0 Å². The third-order valence-electron chi connectivity index (χ3n) is 4.33. The Morgan fingerprint density at radius 2 is 1.82 bits per heavy atom. The van der Waals surface area contributed by atoms with Gasteiger partial charge in [0.25, 0.3) is 0 Å². The SMILES string of the molecule is CC(c1ccccc1)N1CCC(C)(CN)CC1. The van der Waals surface area contributed by atoms with Crippen LogP contribution < -0.4 is 5.73 Å². The van der Waals surface area contributed by atoms with Crippen LogP contribution in [0.3, 0.4) is 0 Å². The second-order valence-electron chi connectivity index (χ2n) is 5.64. The van der Waals surface area contributed by atoms with Crippen molar-refractivity contribution in [1.29, 1.82) is 0 Å². The fourth-order valence-corrected chi connectivity index (χ4v) is 2.60. The maximum atomic E-state index is 5.85. The summed E-state index contributed by atoms with van der Waals surface area (Å²) in [5, 5.41) is 0. The molecule has 1 aliphatic heterocycles. The van der Waals surface area contributed by atoms with Crippen molar-refractivity contribution in [3.63, 3.8) is 0 Å². The molecule has 0 saturated carbocycles. The molecule has 1 fully saturated rings. The van der Waals surface area contributed by atoms with Crippen LogP contribution in [0, 0.1) is 5.41 Å². The molecule has 2 nitrogen and oxygen atoms in total. The van der Waals surface area contributed by atoms with Crippen molar-refractivity contribution in [2.45, 2.75) is 32.7 Å². The molecule has 1 heterocycles. The van der Waals surface area contributed by atoms with E-state index in [0.29, 0.717) is 11.5 Å². The van der Waals surface area contributed by atoms with E-state index in [0.717, 1.165) is 6.54 Å². The molecule has 17 heavy (non-hydrogen) atoms. The van der Waals surface area contributed by atoms with Crippen LogP contribution in [0.25, 0.3) is 0 Å². The van der Waals surface area contributed by atoms with Gasteiger partial charge in [0.2, 0.25) is 0 Å². The van der Waals surface area contributed by atoms with Gasteiger partial charge in [-0.25, -0.2) is 0 Å². The summed E-state index contributed by atoms with van der Waals surface area (Å²) in [6, 6.07) is 11.3. The van der Waals surface area contributed by atoms with Gasteiger partial charge in [-0.2, -0.15) is 0 Å². The van der Waals surface area contributed by atoms with Crippen LogP contribution in [0.2, 0.25) is 0 Å². The van der Waals surface area contributed by atoms with E-state index in [4.69, 9.17) is 5.73 Å². The topological polar surface area (TPSA) is 29.3 Å². The van der Waals surface area contributed by atoms with Gasteiger partial charge in [0.1, 0.15) is 0 Å². The van der Waals surface area contributed by atoms with Crippen LogP contribution in [0.4, 0.5) is 0 Å². The fourth-order valence-electron chi connectivity index (χ4n) is 2.60. The first-order valence-corrected chi connectivity index (χ1v) is 6.64. The summed E-state index contributed by atoms with van der Waals surface area (Å²) in [5.74, 6) is 0. The lowest BCUT2D eigenvalue weighted by molar-refractivity contribution is 0.0941. The smallest absolute Gasteiger partial charge is 0.0319 e. The van der Waals surface area contributed by atoms with Crippen LogP contribution in [-0.2, 0) is 0 Å². The Hall–Kier alpha value is -0.860. The lowest BCUT2D eigenvalue weighted by Gasteiger charge is -2.41. The highest BCUT2D eigenvalue weighted by Crippen LogP contribution is 2.33. The third kappa shape index (κ3) is 2.88. The number of nitrogens with two attached hydrogens (primary N) is 1. The summed E-state index contributed by atoms with van der Waals surface area (Å²) in [7, 11) is 0. The lowest BCUT2D eigenvalue weighted by atomic mass is 9.80. The van der Waals surface area contributed by atoms with Crippen molar-refractivity contribution in [1.82, 2.24) is 4.90 Å². The molecule has 94 valence electrons. The predicted molar refractivity (Wildman–Crippen MR) is 72.8 cm³/mol. The normalized spacial score (nSPS) is 22.3. The predicted octanol–water partition coefficient (Wildman–Crippen LogP) is 2.81. The standard InChI is InChI=1S/C15H24N2/c1-13(14-6-4-3-5-7-14)17-10-8-15(2,12-16)9-11-17/h3-7,13H,8-12,16H2,1-2H3. The monoisotopic (exact) mass is 232 g/mol. The van der Waals surface area contributed by atoms with Gasteiger partial charge in [0.05, 0.1) is 0 Å². The van der Waals surface area contributed by atoms with E-state index < -0.39 is 0 Å². The molecule has 1 unspecified atom stereocenters. The second-order valence-corrected chi connectivity index (χ2v) is 5.64. The van der Waals surface area contributed by atoms with Crippen molar-refractivity contribution in [2.75, 3.05) is 19.6 Å². The van der Waals surface area contributed by atoms with Crippen molar-refractivity contribution in [3.05, 3.63) is 35.9 Å². The largest absolute Gasteiger partial charge is 0.330 e. The van der Waals surface area contributed by atoms with Crippen molar-refractivity contribution >= 4 is 0 Å². The van der Waals surface area contributed by atoms with Gasteiger partial charge in [-0.05, 0) is 50.4 Å². The van der Waals surface area contributed by atoms with E-state index in [1.807, 2.05) is 0 Å². The number of benzene rings is 1. The number of hydrogen-bond acceptors (Lipinski definition) is 2. The minimum Gasteiger partial charge on any atom is -0.330 e. The zero-order valence-corrected chi connectivity index (χ0v) is 11.0. The zero-order valence-electron chi connectivity index (χ0n) is 11.0. The molecule has 1 aliphatic rings. The lowest BCUT2D eigenvalue weighted by Crippen LogP contribution is -2.43. The highest BCUT2D eigenvalue weighted by atomic mass is 15.2. The van der Waals surface area contributed by atoms with E-state index in [9.17, 15) is 0 Å². The van der Waals surface area contributed by atoms with E-state index in [-0.39, 0.29) is 0 Å². The van der Waals surface area contributed by atoms with Gasteiger partial charge in [-0.15, -0.1) is 0 Å². The summed E-state index contributed by atoms with van der Waals surface area (Å²) < 4.78 is 0. The molecule has 1 aromatic carbocycles. The maximum Gasteiger partial charge on any atom is 0.0319 e. The van der Waals surface area contributed by atoms with Gasteiger partial charge in [0.15, 0.2) is 0 Å². The number of piperidine rings is 1. The summed E-state index contributed by atoms with van der Waals surface area (Å²) in [5.41, 5.74) is 7.64. The average molecular weight is 232 g/mol. The second kappa shape index (κ2) is 5.19. The van der Waals surface area contributed by atoms with E-state index >= 15 is 0 Å². The molecule has 0 spiro atoms. The third-order valence-corrected chi connectivity index (χ3v) is 4.33. The van der Waals surface area contributed by atoms with Gasteiger partial charge in [-0.3, -0.25) is 4.90 Å². The maximum absolute atomic E-state index is 5.85. The van der Waals surface area contributed by atoms with Crippen LogP contribution in [0.15, 0.2) is 30.3 Å². The van der Waals surface area contributed by atoms with Crippen molar-refractivity contribution in [3.8, 4) is 0 Å². The van der Waals surface area contributed by atoms with Gasteiger partial charge < -0.3 is 5.73 Å². The number of rotatable bonds is 3. The summed E-state index contributed by atoms with van der Waals surface area (Å²) in [4.78, 5) is 2.58. The zero-order chi connectivity index (χ0) is 12.3. The molecule has 0 amide bonds. The van der Waals surface area contributed by atoms with E-state index in [2.05, 4.69) is 49.1 Å². The van der Waals surface area contributed by atoms with Gasteiger partial charge >= 0.3 is 0 Å². The summed E-state index contributed by atoms with van der Waals surface area (Å²) in [6.45, 7) is 7.78. The van der Waals surface area contributed by atoms with Crippen LogP contribution >= 0.6 is 0 Å². The Balaban J connectivity index is 1.97. The Labute approximate surface area is 105 Å². The molecular weight excluding hydrogens is 208 g/mol. The molecule has 1 atom stereocenters. The van der Waals surface area contributed by atoms with Crippen LogP contribution in [-0.4, -0.2) is 24.5 Å². The molecule has 2 N–H and O–H groups in total. The Morgan fingerprint density at radius 3 is 2.35 bits per heavy atom. The van der Waals surface area contributed by atoms with Crippen LogP contribution in [0.1, 0.15) is 38.3 Å². The highest BCUT2D eigenvalue weighted by Gasteiger charge is 2.30. The average Bonchev–Trinajstić information content (AvgIpc) is 2.40. The van der Waals surface area contributed by atoms with E-state index in [1.165, 1.54) is 31.5 Å². The number of nitrogens with zero attached hydrogens (tertiary/aromatic N) is 1. The highest BCUT2D eigenvalue weighted by molar-refractivity contribution is 5.18. The summed E-state index contributed by atoms with van der Waals surface area (Å²) in [6.07, 6.45) is 2.45. The van der Waals surface area contributed by atoms with Crippen molar-refractivity contribution < 1.29 is 0 Å². The molecule has 2 rings (SSSR count). The minimum atomic E-state index is 0.368. The Kier molecular flexibility index (Phi) is 3.85. The quantitative estimate of drug-likeness (QED) is 0.868. The molecular formula is C15H24N2. The minimum absolute atomic E-state index is 0.368. The first-order chi connectivity index (χ1) is 8.14. The Morgan fingerprint density at radius 1 is 1.24 bits per heavy atom. The number of hydrogen-bond donors (Lipinski definition) is 1. The molecule has 1 aromatic rings. The molecule has 0 bridgehead atoms. The fraction of sp³-hybridized carbons (Fsp3) is 0.600. The van der Waals surface area contributed by atoms with Gasteiger partial charge in [-0.1, -0.05) is 37.3 Å². The molecule has 0 aromatic heterocycles. The first kappa shape index (κ1) is 12.6. The Bertz CT molecular complexity index is 339. The molecule has 2 heteroatoms. The molecule has 1 saturated heterocycles. The van der Waals surface area contributed by atoms with E-state index in [1.54, 1.807) is 0 Å². The van der Waals surface area contributed by atoms with Gasteiger partial charge in [0, 0.05) is 6.04 Å². The van der Waals surface area contributed by atoms with Crippen molar-refractivity contribution in [2.24, 2.45) is 11.1 Å².